The normalized spacial score (nSPS) is 11.9. The number of ether oxygens (including phenoxy) is 1. The molecule has 0 saturated carbocycles. The van der Waals surface area contributed by atoms with Crippen LogP contribution in [0.15, 0.2) is 30.3 Å². The van der Waals surface area contributed by atoms with Crippen molar-refractivity contribution >= 4 is 39.5 Å². The molecule has 0 aliphatic heterocycles. The van der Waals surface area contributed by atoms with Gasteiger partial charge in [0.1, 0.15) is 15.5 Å². The molecule has 0 aliphatic rings. The highest BCUT2D eigenvalue weighted by atomic mass is 32.1. The minimum absolute atomic E-state index is 0.283. The number of aromatic nitrogens is 2. The number of hydrogen-bond donors (Lipinski definition) is 2. The number of carbonyl (C=O) groups excluding carboxylic acids is 3. The number of benzene rings is 1. The Morgan fingerprint density at radius 1 is 1.25 bits per heavy atom. The van der Waals surface area contributed by atoms with E-state index in [-0.39, 0.29) is 10.7 Å². The molecule has 1 aromatic carbocycles. The fourth-order valence-corrected chi connectivity index (χ4v) is 3.52. The van der Waals surface area contributed by atoms with Crippen molar-refractivity contribution in [3.63, 3.8) is 0 Å². The second kappa shape index (κ2) is 7.77. The first-order chi connectivity index (χ1) is 13.3. The highest BCUT2D eigenvalue weighted by Gasteiger charge is 2.23. The van der Waals surface area contributed by atoms with Crippen molar-refractivity contribution in [3.8, 4) is 5.69 Å². The standard InChI is InChI=1S/C18H17FN4O4S/c1-9-13-8-14(17(25)27-10(2)15(24)21-18(26)20-3)28-16(13)23(22-9)12-6-4-11(19)5-7-12/h4-8,10H,1-3H3,(H2,20,21,24,26)/t10-/m0/s1. The van der Waals surface area contributed by atoms with E-state index in [9.17, 15) is 18.8 Å². The molecule has 0 unspecified atom stereocenters. The first-order valence-electron chi connectivity index (χ1n) is 8.28. The van der Waals surface area contributed by atoms with Crippen LogP contribution >= 0.6 is 11.3 Å². The Kier molecular flexibility index (Phi) is 5.41. The van der Waals surface area contributed by atoms with Crippen LogP contribution in [-0.2, 0) is 9.53 Å². The van der Waals surface area contributed by atoms with E-state index in [4.69, 9.17) is 4.74 Å². The molecule has 3 rings (SSSR count). The summed E-state index contributed by atoms with van der Waals surface area (Å²) in [4.78, 5) is 36.4. The lowest BCUT2D eigenvalue weighted by Gasteiger charge is -2.11. The number of amides is 3. The van der Waals surface area contributed by atoms with Gasteiger partial charge in [-0.15, -0.1) is 11.3 Å². The molecule has 8 nitrogen and oxygen atoms in total. The molecule has 3 amide bonds. The summed E-state index contributed by atoms with van der Waals surface area (Å²) < 4.78 is 19.9. The van der Waals surface area contributed by atoms with E-state index in [0.29, 0.717) is 16.2 Å². The quantitative estimate of drug-likeness (QED) is 0.651. The Hall–Kier alpha value is -3.27. The molecule has 0 radical (unpaired) electrons. The van der Waals surface area contributed by atoms with E-state index < -0.39 is 24.0 Å². The number of esters is 1. The smallest absolute Gasteiger partial charge is 0.349 e. The van der Waals surface area contributed by atoms with Crippen molar-refractivity contribution in [1.82, 2.24) is 20.4 Å². The highest BCUT2D eigenvalue weighted by Crippen LogP contribution is 2.31. The number of aryl methyl sites for hydroxylation is 1. The molecule has 2 heterocycles. The Balaban J connectivity index is 1.83. The summed E-state index contributed by atoms with van der Waals surface area (Å²) in [6.07, 6.45) is -1.15. The largest absolute Gasteiger partial charge is 0.448 e. The lowest BCUT2D eigenvalue weighted by molar-refractivity contribution is -0.127. The molecule has 146 valence electrons. The molecular weight excluding hydrogens is 387 g/mol. The fourth-order valence-electron chi connectivity index (χ4n) is 2.45. The summed E-state index contributed by atoms with van der Waals surface area (Å²) >= 11 is 1.15. The lowest BCUT2D eigenvalue weighted by atomic mass is 10.3. The Morgan fingerprint density at radius 3 is 2.57 bits per heavy atom. The number of nitrogens with one attached hydrogen (secondary N) is 2. The number of fused-ring (bicyclic) bond motifs is 1. The van der Waals surface area contributed by atoms with Gasteiger partial charge in [-0.25, -0.2) is 18.7 Å². The molecule has 3 aromatic rings. The van der Waals surface area contributed by atoms with Crippen LogP contribution in [0.1, 0.15) is 22.3 Å². The summed E-state index contributed by atoms with van der Waals surface area (Å²) in [5, 5.41) is 9.46. The minimum atomic E-state index is -1.15. The molecule has 10 heteroatoms. The maximum absolute atomic E-state index is 13.2. The highest BCUT2D eigenvalue weighted by molar-refractivity contribution is 7.20. The number of thiophene rings is 1. The Bertz CT molecular complexity index is 1060. The summed E-state index contributed by atoms with van der Waals surface area (Å²) in [6, 6.07) is 6.77. The molecular formula is C18H17FN4O4S. The van der Waals surface area contributed by atoms with E-state index in [0.717, 1.165) is 16.7 Å². The van der Waals surface area contributed by atoms with Gasteiger partial charge in [0.15, 0.2) is 6.10 Å². The minimum Gasteiger partial charge on any atom is -0.448 e. The molecule has 2 aromatic heterocycles. The zero-order valence-corrected chi connectivity index (χ0v) is 16.1. The fraction of sp³-hybridized carbons (Fsp3) is 0.222. The predicted octanol–water partition coefficient (Wildman–Crippen LogP) is 2.54. The molecule has 0 aliphatic carbocycles. The molecule has 0 fully saturated rings. The van der Waals surface area contributed by atoms with Gasteiger partial charge in [-0.05, 0) is 44.2 Å². The van der Waals surface area contributed by atoms with Gasteiger partial charge in [-0.1, -0.05) is 0 Å². The van der Waals surface area contributed by atoms with Crippen molar-refractivity contribution in [2.45, 2.75) is 20.0 Å². The number of imide groups is 1. The third-order valence-corrected chi connectivity index (χ3v) is 5.02. The van der Waals surface area contributed by atoms with Gasteiger partial charge in [-0.3, -0.25) is 10.1 Å². The first-order valence-corrected chi connectivity index (χ1v) is 9.10. The number of rotatable bonds is 4. The van der Waals surface area contributed by atoms with Gasteiger partial charge in [0.2, 0.25) is 0 Å². The second-order valence-electron chi connectivity index (χ2n) is 5.92. The SMILES string of the molecule is CNC(=O)NC(=O)[C@H](C)OC(=O)c1cc2c(C)nn(-c3ccc(F)cc3)c2s1. The van der Waals surface area contributed by atoms with E-state index in [1.807, 2.05) is 5.32 Å². The second-order valence-corrected chi connectivity index (χ2v) is 6.95. The van der Waals surface area contributed by atoms with Crippen LogP contribution in [0, 0.1) is 12.7 Å². The van der Waals surface area contributed by atoms with Crippen LogP contribution in [0.25, 0.3) is 15.9 Å². The molecule has 2 N–H and O–H groups in total. The number of hydrogen-bond acceptors (Lipinski definition) is 6. The van der Waals surface area contributed by atoms with Crippen molar-refractivity contribution in [1.29, 1.82) is 0 Å². The van der Waals surface area contributed by atoms with Gasteiger partial charge >= 0.3 is 12.0 Å². The third-order valence-electron chi connectivity index (χ3n) is 3.93. The number of carbonyl (C=O) groups is 3. The van der Waals surface area contributed by atoms with E-state index in [2.05, 4.69) is 10.4 Å². The number of nitrogens with zero attached hydrogens (tertiary/aromatic N) is 2. The average Bonchev–Trinajstić information content (AvgIpc) is 3.23. The van der Waals surface area contributed by atoms with Gasteiger partial charge in [-0.2, -0.15) is 5.10 Å². The molecule has 28 heavy (non-hydrogen) atoms. The summed E-state index contributed by atoms with van der Waals surface area (Å²) in [6.45, 7) is 3.17. The van der Waals surface area contributed by atoms with Crippen LogP contribution in [0.2, 0.25) is 0 Å². The molecule has 0 saturated heterocycles. The lowest BCUT2D eigenvalue weighted by Crippen LogP contribution is -2.43. The van der Waals surface area contributed by atoms with Crippen molar-refractivity contribution in [2.24, 2.45) is 0 Å². The predicted molar refractivity (Wildman–Crippen MR) is 101 cm³/mol. The van der Waals surface area contributed by atoms with Crippen LogP contribution < -0.4 is 10.6 Å². The van der Waals surface area contributed by atoms with Gasteiger partial charge in [0.05, 0.1) is 11.4 Å². The summed E-state index contributed by atoms with van der Waals surface area (Å²) in [5.41, 5.74) is 1.35. The van der Waals surface area contributed by atoms with Crippen LogP contribution in [0.5, 0.6) is 0 Å². The van der Waals surface area contributed by atoms with E-state index in [1.165, 1.54) is 26.1 Å². The number of urea groups is 1. The Morgan fingerprint density at radius 2 is 1.93 bits per heavy atom. The molecule has 0 bridgehead atoms. The number of halogens is 1. The van der Waals surface area contributed by atoms with Gasteiger partial charge in [0.25, 0.3) is 5.91 Å². The topological polar surface area (TPSA) is 102 Å². The average molecular weight is 404 g/mol. The monoisotopic (exact) mass is 404 g/mol. The third kappa shape index (κ3) is 3.86. The van der Waals surface area contributed by atoms with E-state index in [1.54, 1.807) is 29.8 Å². The maximum Gasteiger partial charge on any atom is 0.349 e. The van der Waals surface area contributed by atoms with Gasteiger partial charge in [0, 0.05) is 12.4 Å². The summed E-state index contributed by atoms with van der Waals surface area (Å²) in [7, 11) is 1.36. The van der Waals surface area contributed by atoms with Crippen molar-refractivity contribution in [3.05, 3.63) is 46.7 Å². The summed E-state index contributed by atoms with van der Waals surface area (Å²) in [5.74, 6) is -1.78. The maximum atomic E-state index is 13.2. The molecule has 0 spiro atoms. The van der Waals surface area contributed by atoms with Crippen molar-refractivity contribution in [2.75, 3.05) is 7.05 Å². The zero-order chi connectivity index (χ0) is 20.4. The Labute approximate surface area is 163 Å². The van der Waals surface area contributed by atoms with Crippen LogP contribution in [0.3, 0.4) is 0 Å². The van der Waals surface area contributed by atoms with E-state index >= 15 is 0 Å². The zero-order valence-electron chi connectivity index (χ0n) is 15.3. The molecule has 1 atom stereocenters. The van der Waals surface area contributed by atoms with Crippen molar-refractivity contribution < 1.29 is 23.5 Å². The first kappa shape index (κ1) is 19.5. The van der Waals surface area contributed by atoms with Gasteiger partial charge < -0.3 is 10.1 Å². The van der Waals surface area contributed by atoms with Crippen LogP contribution in [-0.4, -0.2) is 40.8 Å². The van der Waals surface area contributed by atoms with Crippen LogP contribution in [0.4, 0.5) is 9.18 Å².